The summed E-state index contributed by atoms with van der Waals surface area (Å²) in [6.07, 6.45) is 0.153. The second kappa shape index (κ2) is 6.64. The number of hydrogen-bond acceptors (Lipinski definition) is 5. The zero-order valence-corrected chi connectivity index (χ0v) is 12.9. The lowest BCUT2D eigenvalue weighted by molar-refractivity contribution is 0.105. The summed E-state index contributed by atoms with van der Waals surface area (Å²) in [4.78, 5) is 18.6. The highest BCUT2D eigenvalue weighted by Gasteiger charge is 2.17. The first-order chi connectivity index (χ1) is 10.7. The van der Waals surface area contributed by atoms with Crippen LogP contribution in [0, 0.1) is 0 Å². The van der Waals surface area contributed by atoms with Gasteiger partial charge in [0, 0.05) is 32.7 Å². The number of nitrogens with one attached hydrogen (secondary N) is 1. The Morgan fingerprint density at radius 1 is 1.27 bits per heavy atom. The van der Waals surface area contributed by atoms with E-state index >= 15 is 0 Å². The van der Waals surface area contributed by atoms with E-state index in [0.29, 0.717) is 17.5 Å². The lowest BCUT2D eigenvalue weighted by Gasteiger charge is -2.34. The molecule has 1 saturated heterocycles. The number of rotatable bonds is 5. The van der Waals surface area contributed by atoms with Crippen molar-refractivity contribution >= 4 is 11.1 Å². The van der Waals surface area contributed by atoms with E-state index in [1.165, 1.54) is 0 Å². The first-order valence-electron chi connectivity index (χ1n) is 7.91. The highest BCUT2D eigenvalue weighted by atomic mass is 16.4. The lowest BCUT2D eigenvalue weighted by atomic mass is 10.1. The van der Waals surface area contributed by atoms with Crippen LogP contribution in [-0.4, -0.2) is 59.2 Å². The normalized spacial score (nSPS) is 18.8. The smallest absolute Gasteiger partial charge is 0.408 e. The molecule has 0 spiro atoms. The Morgan fingerprint density at radius 2 is 2.00 bits per heavy atom. The van der Waals surface area contributed by atoms with Gasteiger partial charge in [0.1, 0.15) is 0 Å². The maximum atomic E-state index is 11.2. The SMILES string of the molecule is CCN1CCN(CCC(O)c2ccc3[nH]c(=O)oc3c2)CC1. The van der Waals surface area contributed by atoms with E-state index in [0.717, 1.165) is 44.8 Å². The first kappa shape index (κ1) is 15.3. The van der Waals surface area contributed by atoms with Crippen LogP contribution in [0.2, 0.25) is 0 Å². The number of likely N-dealkylation sites (N-methyl/N-ethyl adjacent to an activating group) is 1. The summed E-state index contributed by atoms with van der Waals surface area (Å²) < 4.78 is 5.04. The average Bonchev–Trinajstić information content (AvgIpc) is 2.92. The summed E-state index contributed by atoms with van der Waals surface area (Å²) in [5, 5.41) is 10.3. The quantitative estimate of drug-likeness (QED) is 0.868. The molecule has 1 atom stereocenters. The number of aromatic amines is 1. The molecule has 2 heterocycles. The van der Waals surface area contributed by atoms with Crippen molar-refractivity contribution in [1.82, 2.24) is 14.8 Å². The molecule has 1 aromatic carbocycles. The Hall–Kier alpha value is -1.63. The van der Waals surface area contributed by atoms with E-state index in [1.807, 2.05) is 6.07 Å². The van der Waals surface area contributed by atoms with E-state index in [9.17, 15) is 9.90 Å². The fourth-order valence-electron chi connectivity index (χ4n) is 2.97. The molecule has 2 aromatic rings. The molecule has 3 rings (SSSR count). The number of fused-ring (bicyclic) bond motifs is 1. The second-order valence-electron chi connectivity index (χ2n) is 5.85. The van der Waals surface area contributed by atoms with Gasteiger partial charge in [0.2, 0.25) is 0 Å². The molecular weight excluding hydrogens is 282 g/mol. The number of oxazole rings is 1. The van der Waals surface area contributed by atoms with Crippen molar-refractivity contribution in [2.75, 3.05) is 39.3 Å². The fourth-order valence-corrected chi connectivity index (χ4v) is 2.97. The van der Waals surface area contributed by atoms with Gasteiger partial charge in [-0.05, 0) is 30.7 Å². The Morgan fingerprint density at radius 3 is 2.73 bits per heavy atom. The van der Waals surface area contributed by atoms with E-state index in [2.05, 4.69) is 21.7 Å². The highest BCUT2D eigenvalue weighted by molar-refractivity contribution is 5.72. The molecule has 1 aromatic heterocycles. The third-order valence-corrected chi connectivity index (χ3v) is 4.46. The molecule has 1 aliphatic heterocycles. The number of aromatic nitrogens is 1. The van der Waals surface area contributed by atoms with Crippen LogP contribution in [0.3, 0.4) is 0 Å². The number of benzene rings is 1. The van der Waals surface area contributed by atoms with Crippen LogP contribution in [0.15, 0.2) is 27.4 Å². The van der Waals surface area contributed by atoms with Crippen LogP contribution in [0.25, 0.3) is 11.1 Å². The largest absolute Gasteiger partial charge is 0.417 e. The third kappa shape index (κ3) is 3.40. The van der Waals surface area contributed by atoms with Crippen LogP contribution < -0.4 is 5.76 Å². The number of aliphatic hydroxyl groups is 1. The van der Waals surface area contributed by atoms with Gasteiger partial charge in [-0.2, -0.15) is 0 Å². The van der Waals surface area contributed by atoms with Gasteiger partial charge in [-0.25, -0.2) is 4.79 Å². The summed E-state index contributed by atoms with van der Waals surface area (Å²) in [6, 6.07) is 5.36. The predicted octanol–water partition coefficient (Wildman–Crippen LogP) is 1.18. The Bertz CT molecular complexity index is 671. The van der Waals surface area contributed by atoms with Crippen molar-refractivity contribution in [3.05, 3.63) is 34.3 Å². The number of piperazine rings is 1. The van der Waals surface area contributed by atoms with Crippen molar-refractivity contribution in [2.45, 2.75) is 19.4 Å². The molecule has 0 radical (unpaired) electrons. The molecule has 1 unspecified atom stereocenters. The maximum Gasteiger partial charge on any atom is 0.417 e. The van der Waals surface area contributed by atoms with Gasteiger partial charge in [0.25, 0.3) is 0 Å². The topological polar surface area (TPSA) is 72.7 Å². The van der Waals surface area contributed by atoms with Crippen molar-refractivity contribution in [1.29, 1.82) is 0 Å². The molecule has 0 saturated carbocycles. The standard InChI is InChI=1S/C16H23N3O3/c1-2-18-7-9-19(10-8-18)6-5-14(20)12-3-4-13-15(11-12)22-16(21)17-13/h3-4,11,14,20H,2,5-10H2,1H3,(H,17,21). The monoisotopic (exact) mass is 305 g/mol. The number of H-pyrrole nitrogens is 1. The van der Waals surface area contributed by atoms with E-state index in [4.69, 9.17) is 4.42 Å². The molecule has 1 aliphatic rings. The Labute approximate surface area is 129 Å². The fraction of sp³-hybridized carbons (Fsp3) is 0.562. The minimum Gasteiger partial charge on any atom is -0.408 e. The van der Waals surface area contributed by atoms with E-state index in [-0.39, 0.29) is 0 Å². The van der Waals surface area contributed by atoms with Gasteiger partial charge in [0.15, 0.2) is 5.58 Å². The zero-order chi connectivity index (χ0) is 15.5. The van der Waals surface area contributed by atoms with Crippen LogP contribution in [-0.2, 0) is 0 Å². The molecule has 6 heteroatoms. The van der Waals surface area contributed by atoms with Gasteiger partial charge < -0.3 is 19.3 Å². The summed E-state index contributed by atoms with van der Waals surface area (Å²) in [6.45, 7) is 8.51. The zero-order valence-electron chi connectivity index (χ0n) is 12.9. The highest BCUT2D eigenvalue weighted by Crippen LogP contribution is 2.21. The molecule has 1 fully saturated rings. The molecule has 0 amide bonds. The van der Waals surface area contributed by atoms with Gasteiger partial charge in [0.05, 0.1) is 11.6 Å². The van der Waals surface area contributed by atoms with Crippen molar-refractivity contribution in [3.8, 4) is 0 Å². The van der Waals surface area contributed by atoms with Gasteiger partial charge in [-0.3, -0.25) is 4.98 Å². The van der Waals surface area contributed by atoms with Gasteiger partial charge in [-0.15, -0.1) is 0 Å². The second-order valence-corrected chi connectivity index (χ2v) is 5.85. The average molecular weight is 305 g/mol. The van der Waals surface area contributed by atoms with Crippen LogP contribution in [0.4, 0.5) is 0 Å². The Balaban J connectivity index is 1.56. The van der Waals surface area contributed by atoms with E-state index in [1.54, 1.807) is 12.1 Å². The molecule has 0 bridgehead atoms. The Kier molecular flexibility index (Phi) is 4.61. The van der Waals surface area contributed by atoms with Crippen LogP contribution in [0.1, 0.15) is 25.0 Å². The van der Waals surface area contributed by atoms with E-state index < -0.39 is 11.9 Å². The van der Waals surface area contributed by atoms with Crippen molar-refractivity contribution in [3.63, 3.8) is 0 Å². The summed E-state index contributed by atoms with van der Waals surface area (Å²) in [5.74, 6) is -0.463. The molecule has 22 heavy (non-hydrogen) atoms. The van der Waals surface area contributed by atoms with Gasteiger partial charge in [-0.1, -0.05) is 13.0 Å². The third-order valence-electron chi connectivity index (χ3n) is 4.46. The summed E-state index contributed by atoms with van der Waals surface area (Å²) in [7, 11) is 0. The maximum absolute atomic E-state index is 11.2. The van der Waals surface area contributed by atoms with Crippen molar-refractivity contribution < 1.29 is 9.52 Å². The van der Waals surface area contributed by atoms with Crippen LogP contribution >= 0.6 is 0 Å². The minimum atomic E-state index is -0.534. The van der Waals surface area contributed by atoms with Crippen LogP contribution in [0.5, 0.6) is 0 Å². The van der Waals surface area contributed by atoms with Crippen molar-refractivity contribution in [2.24, 2.45) is 0 Å². The first-order valence-corrected chi connectivity index (χ1v) is 7.91. The summed E-state index contributed by atoms with van der Waals surface area (Å²) in [5.41, 5.74) is 1.96. The molecule has 6 nitrogen and oxygen atoms in total. The molecule has 120 valence electrons. The predicted molar refractivity (Wildman–Crippen MR) is 85.0 cm³/mol. The number of hydrogen-bond donors (Lipinski definition) is 2. The summed E-state index contributed by atoms with van der Waals surface area (Å²) >= 11 is 0. The number of nitrogens with zero attached hydrogens (tertiary/aromatic N) is 2. The molecular formula is C16H23N3O3. The number of aliphatic hydroxyl groups excluding tert-OH is 1. The molecule has 2 N–H and O–H groups in total. The lowest BCUT2D eigenvalue weighted by Crippen LogP contribution is -2.46. The van der Waals surface area contributed by atoms with Gasteiger partial charge >= 0.3 is 5.76 Å². The molecule has 0 aliphatic carbocycles. The minimum absolute atomic E-state index is 0.463.